The number of anilines is 1. The first kappa shape index (κ1) is 13.1. The number of fused-ring (bicyclic) bond motifs is 1. The predicted octanol–water partition coefficient (Wildman–Crippen LogP) is 0.617. The minimum Gasteiger partial charge on any atom is -0.481 e. The van der Waals surface area contributed by atoms with Gasteiger partial charge < -0.3 is 19.5 Å². The molecule has 0 aliphatic carbocycles. The molecule has 0 bridgehead atoms. The Hall–Kier alpha value is -1.92. The van der Waals surface area contributed by atoms with Crippen molar-refractivity contribution in [3.05, 3.63) is 29.8 Å². The van der Waals surface area contributed by atoms with Gasteiger partial charge in [0.25, 0.3) is 5.91 Å². The van der Waals surface area contributed by atoms with E-state index in [4.69, 9.17) is 9.47 Å². The fraction of sp³-hybridized carbons (Fsp3) is 0.429. The first-order valence-electron chi connectivity index (χ1n) is 6.51. The molecule has 20 heavy (non-hydrogen) atoms. The number of hydrogen-bond acceptors (Lipinski definition) is 4. The second kappa shape index (κ2) is 5.22. The molecule has 0 aromatic heterocycles. The minimum atomic E-state index is -0.923. The highest BCUT2D eigenvalue weighted by Crippen LogP contribution is 2.36. The van der Waals surface area contributed by atoms with E-state index in [-0.39, 0.29) is 19.1 Å². The van der Waals surface area contributed by atoms with Crippen LogP contribution >= 0.6 is 0 Å². The SMILES string of the molecule is O=C(O)[C@H]1CN(C(=O)[C@@H]2COCCO2)c2ccccc21. The molecule has 1 amide bonds. The number of carboxylic acid groups (broad SMARTS) is 1. The zero-order chi connectivity index (χ0) is 14.1. The summed E-state index contributed by atoms with van der Waals surface area (Å²) in [5, 5.41) is 9.28. The van der Waals surface area contributed by atoms with E-state index in [1.54, 1.807) is 24.3 Å². The van der Waals surface area contributed by atoms with Crippen LogP contribution in [0.3, 0.4) is 0 Å². The van der Waals surface area contributed by atoms with Crippen LogP contribution in [0.25, 0.3) is 0 Å². The van der Waals surface area contributed by atoms with Crippen molar-refractivity contribution in [2.24, 2.45) is 0 Å². The van der Waals surface area contributed by atoms with E-state index in [0.717, 1.165) is 0 Å². The normalized spacial score (nSPS) is 25.3. The Balaban J connectivity index is 1.87. The molecule has 106 valence electrons. The van der Waals surface area contributed by atoms with Crippen molar-refractivity contribution < 1.29 is 24.2 Å². The molecule has 6 nitrogen and oxygen atoms in total. The minimum absolute atomic E-state index is 0.146. The third-order valence-corrected chi connectivity index (χ3v) is 3.62. The van der Waals surface area contributed by atoms with E-state index >= 15 is 0 Å². The molecule has 1 saturated heterocycles. The second-order valence-corrected chi connectivity index (χ2v) is 4.83. The summed E-state index contributed by atoms with van der Waals surface area (Å²) in [6, 6.07) is 7.09. The topological polar surface area (TPSA) is 76.1 Å². The smallest absolute Gasteiger partial charge is 0.312 e. The van der Waals surface area contributed by atoms with Crippen molar-refractivity contribution in [2.45, 2.75) is 12.0 Å². The quantitative estimate of drug-likeness (QED) is 0.857. The Morgan fingerprint density at radius 2 is 2.05 bits per heavy atom. The van der Waals surface area contributed by atoms with Gasteiger partial charge in [0.2, 0.25) is 0 Å². The van der Waals surface area contributed by atoms with Crippen LogP contribution in [0.5, 0.6) is 0 Å². The van der Waals surface area contributed by atoms with Crippen molar-refractivity contribution in [1.82, 2.24) is 0 Å². The third-order valence-electron chi connectivity index (χ3n) is 3.62. The fourth-order valence-electron chi connectivity index (χ4n) is 2.63. The molecule has 0 unspecified atom stereocenters. The Labute approximate surface area is 115 Å². The highest BCUT2D eigenvalue weighted by molar-refractivity contribution is 6.01. The summed E-state index contributed by atoms with van der Waals surface area (Å²) in [6.07, 6.45) is -0.649. The largest absolute Gasteiger partial charge is 0.481 e. The molecule has 1 fully saturated rings. The first-order chi connectivity index (χ1) is 9.68. The number of hydrogen-bond donors (Lipinski definition) is 1. The standard InChI is InChI=1S/C14H15NO5/c16-13(12-8-19-5-6-20-12)15-7-10(14(17)18)9-3-1-2-4-11(9)15/h1-4,10,12H,5-8H2,(H,17,18)/t10-,12-/m0/s1. The van der Waals surface area contributed by atoms with Gasteiger partial charge in [-0.3, -0.25) is 9.59 Å². The molecule has 2 aliphatic rings. The monoisotopic (exact) mass is 277 g/mol. The van der Waals surface area contributed by atoms with Crippen LogP contribution < -0.4 is 4.90 Å². The zero-order valence-electron chi connectivity index (χ0n) is 10.8. The second-order valence-electron chi connectivity index (χ2n) is 4.83. The van der Waals surface area contributed by atoms with Crippen LogP contribution in [-0.4, -0.2) is 49.5 Å². The predicted molar refractivity (Wildman–Crippen MR) is 69.7 cm³/mol. The van der Waals surface area contributed by atoms with Gasteiger partial charge in [-0.05, 0) is 11.6 Å². The number of para-hydroxylation sites is 1. The van der Waals surface area contributed by atoms with Crippen molar-refractivity contribution in [2.75, 3.05) is 31.3 Å². The molecule has 6 heteroatoms. The fourth-order valence-corrected chi connectivity index (χ4v) is 2.63. The Kier molecular flexibility index (Phi) is 3.42. The molecule has 0 saturated carbocycles. The summed E-state index contributed by atoms with van der Waals surface area (Å²) in [5.74, 6) is -1.84. The Morgan fingerprint density at radius 3 is 2.75 bits per heavy atom. The van der Waals surface area contributed by atoms with Gasteiger partial charge >= 0.3 is 5.97 Å². The Morgan fingerprint density at radius 1 is 1.25 bits per heavy atom. The number of rotatable bonds is 2. The number of ether oxygens (including phenoxy) is 2. The number of carbonyl (C=O) groups is 2. The third kappa shape index (κ3) is 2.17. The summed E-state index contributed by atoms with van der Waals surface area (Å²) in [5.41, 5.74) is 1.32. The molecule has 0 spiro atoms. The number of amides is 1. The van der Waals surface area contributed by atoms with Gasteiger partial charge in [0.05, 0.1) is 19.8 Å². The van der Waals surface area contributed by atoms with Gasteiger partial charge in [0, 0.05) is 12.2 Å². The van der Waals surface area contributed by atoms with E-state index in [1.807, 2.05) is 0 Å². The molecular weight excluding hydrogens is 262 g/mol. The number of benzene rings is 1. The van der Waals surface area contributed by atoms with Crippen LogP contribution in [0.2, 0.25) is 0 Å². The van der Waals surface area contributed by atoms with E-state index in [1.165, 1.54) is 4.90 Å². The number of carbonyl (C=O) groups excluding carboxylic acids is 1. The maximum absolute atomic E-state index is 12.5. The van der Waals surface area contributed by atoms with Gasteiger partial charge in [0.15, 0.2) is 6.10 Å². The van der Waals surface area contributed by atoms with E-state index in [0.29, 0.717) is 24.5 Å². The van der Waals surface area contributed by atoms with E-state index < -0.39 is 18.0 Å². The van der Waals surface area contributed by atoms with Crippen LogP contribution in [-0.2, 0) is 19.1 Å². The van der Waals surface area contributed by atoms with Crippen LogP contribution in [0.15, 0.2) is 24.3 Å². The molecule has 3 rings (SSSR count). The number of nitrogens with zero attached hydrogens (tertiary/aromatic N) is 1. The van der Waals surface area contributed by atoms with Gasteiger partial charge in [-0.15, -0.1) is 0 Å². The average Bonchev–Trinajstić information content (AvgIpc) is 2.87. The Bertz CT molecular complexity index is 538. The van der Waals surface area contributed by atoms with E-state index in [2.05, 4.69) is 0 Å². The van der Waals surface area contributed by atoms with Crippen LogP contribution in [0, 0.1) is 0 Å². The molecule has 1 aromatic rings. The molecular formula is C14H15NO5. The lowest BCUT2D eigenvalue weighted by molar-refractivity contribution is -0.144. The molecule has 1 N–H and O–H groups in total. The van der Waals surface area contributed by atoms with Gasteiger partial charge in [-0.1, -0.05) is 18.2 Å². The van der Waals surface area contributed by atoms with Crippen molar-refractivity contribution in [1.29, 1.82) is 0 Å². The van der Waals surface area contributed by atoms with Gasteiger partial charge in [-0.2, -0.15) is 0 Å². The molecule has 0 radical (unpaired) electrons. The maximum atomic E-state index is 12.5. The molecule has 2 atom stereocenters. The zero-order valence-corrected chi connectivity index (χ0v) is 10.8. The van der Waals surface area contributed by atoms with Crippen molar-refractivity contribution >= 4 is 17.6 Å². The summed E-state index contributed by atoms with van der Waals surface area (Å²) in [6.45, 7) is 1.23. The lowest BCUT2D eigenvalue weighted by atomic mass is 10.0. The van der Waals surface area contributed by atoms with Gasteiger partial charge in [0.1, 0.15) is 5.92 Å². The summed E-state index contributed by atoms with van der Waals surface area (Å²) >= 11 is 0. The highest BCUT2D eigenvalue weighted by Gasteiger charge is 2.39. The van der Waals surface area contributed by atoms with E-state index in [9.17, 15) is 14.7 Å². The number of carboxylic acids is 1. The van der Waals surface area contributed by atoms with Gasteiger partial charge in [-0.25, -0.2) is 0 Å². The maximum Gasteiger partial charge on any atom is 0.312 e. The first-order valence-corrected chi connectivity index (χ1v) is 6.51. The summed E-state index contributed by atoms with van der Waals surface area (Å²) < 4.78 is 10.6. The van der Waals surface area contributed by atoms with Crippen LogP contribution in [0.1, 0.15) is 11.5 Å². The highest BCUT2D eigenvalue weighted by atomic mass is 16.6. The molecule has 2 aliphatic heterocycles. The molecule has 1 aromatic carbocycles. The summed E-state index contributed by atoms with van der Waals surface area (Å²) in [4.78, 5) is 25.3. The average molecular weight is 277 g/mol. The number of aliphatic carboxylic acids is 1. The van der Waals surface area contributed by atoms with Crippen molar-refractivity contribution in [3.8, 4) is 0 Å². The van der Waals surface area contributed by atoms with Crippen molar-refractivity contribution in [3.63, 3.8) is 0 Å². The van der Waals surface area contributed by atoms with Crippen LogP contribution in [0.4, 0.5) is 5.69 Å². The summed E-state index contributed by atoms with van der Waals surface area (Å²) in [7, 11) is 0. The molecule has 2 heterocycles. The lowest BCUT2D eigenvalue weighted by Crippen LogP contribution is -2.45. The lowest BCUT2D eigenvalue weighted by Gasteiger charge is -2.27.